The van der Waals surface area contributed by atoms with Crippen molar-refractivity contribution in [1.29, 1.82) is 0 Å². The highest BCUT2D eigenvalue weighted by atomic mass is 16.1. The fraction of sp³-hybridized carbons (Fsp3) is 0.857. The SMILES string of the molecule is CC[C@@H](C(N)=O)N(C)CC. The molecule has 0 heterocycles. The van der Waals surface area contributed by atoms with Gasteiger partial charge in [-0.1, -0.05) is 13.8 Å². The third kappa shape index (κ3) is 2.35. The van der Waals surface area contributed by atoms with E-state index >= 15 is 0 Å². The Hall–Kier alpha value is -0.570. The van der Waals surface area contributed by atoms with Crippen LogP contribution in [0.5, 0.6) is 0 Å². The molecule has 0 unspecified atom stereocenters. The van der Waals surface area contributed by atoms with Gasteiger partial charge in [-0.05, 0) is 20.0 Å². The molecular weight excluding hydrogens is 128 g/mol. The number of nitrogens with zero attached hydrogens (tertiary/aromatic N) is 1. The zero-order valence-corrected chi connectivity index (χ0v) is 6.92. The van der Waals surface area contributed by atoms with Crippen molar-refractivity contribution in [2.24, 2.45) is 5.73 Å². The molecule has 0 bridgehead atoms. The number of amides is 1. The summed E-state index contributed by atoms with van der Waals surface area (Å²) in [6.07, 6.45) is 0.791. The standard InChI is InChI=1S/C7H16N2O/c1-4-6(7(8)10)9(3)5-2/h6H,4-5H2,1-3H3,(H2,8,10)/t6-/m0/s1. The van der Waals surface area contributed by atoms with Crippen LogP contribution in [0, 0.1) is 0 Å². The van der Waals surface area contributed by atoms with E-state index < -0.39 is 0 Å². The Labute approximate surface area is 62.2 Å². The van der Waals surface area contributed by atoms with Crippen LogP contribution in [0.25, 0.3) is 0 Å². The number of rotatable bonds is 4. The minimum Gasteiger partial charge on any atom is -0.368 e. The van der Waals surface area contributed by atoms with Crippen molar-refractivity contribution in [3.05, 3.63) is 0 Å². The van der Waals surface area contributed by atoms with Gasteiger partial charge in [0.1, 0.15) is 0 Å². The molecule has 0 aromatic heterocycles. The first-order valence-electron chi connectivity index (χ1n) is 3.63. The minimum atomic E-state index is -0.230. The molecule has 0 spiro atoms. The van der Waals surface area contributed by atoms with Crippen molar-refractivity contribution in [3.8, 4) is 0 Å². The van der Waals surface area contributed by atoms with Crippen LogP contribution in [0.3, 0.4) is 0 Å². The summed E-state index contributed by atoms with van der Waals surface area (Å²) in [5.74, 6) is -0.230. The van der Waals surface area contributed by atoms with Gasteiger partial charge in [0, 0.05) is 0 Å². The van der Waals surface area contributed by atoms with Gasteiger partial charge in [0.2, 0.25) is 5.91 Å². The first-order valence-corrected chi connectivity index (χ1v) is 3.63. The molecule has 0 fully saturated rings. The number of hydrogen-bond acceptors (Lipinski definition) is 2. The predicted octanol–water partition coefficient (Wildman–Crippen LogP) is 0.202. The zero-order valence-electron chi connectivity index (χ0n) is 6.92. The molecule has 60 valence electrons. The van der Waals surface area contributed by atoms with E-state index in [0.29, 0.717) is 0 Å². The second-order valence-corrected chi connectivity index (χ2v) is 2.40. The highest BCUT2D eigenvalue weighted by Gasteiger charge is 2.15. The first-order chi connectivity index (χ1) is 4.63. The number of likely N-dealkylation sites (N-methyl/N-ethyl adjacent to an activating group) is 1. The first kappa shape index (κ1) is 9.43. The van der Waals surface area contributed by atoms with Crippen molar-refractivity contribution in [2.75, 3.05) is 13.6 Å². The Balaban J connectivity index is 3.92. The Morgan fingerprint density at radius 1 is 1.60 bits per heavy atom. The molecule has 2 N–H and O–H groups in total. The number of carbonyl (C=O) groups is 1. The van der Waals surface area contributed by atoms with Gasteiger partial charge in [-0.25, -0.2) is 0 Å². The average Bonchev–Trinajstić information content (AvgIpc) is 1.88. The number of hydrogen-bond donors (Lipinski definition) is 1. The van der Waals surface area contributed by atoms with Crippen molar-refractivity contribution in [3.63, 3.8) is 0 Å². The zero-order chi connectivity index (χ0) is 8.15. The lowest BCUT2D eigenvalue weighted by Crippen LogP contribution is -2.41. The molecule has 3 nitrogen and oxygen atoms in total. The smallest absolute Gasteiger partial charge is 0.234 e. The summed E-state index contributed by atoms with van der Waals surface area (Å²) in [7, 11) is 1.90. The monoisotopic (exact) mass is 144 g/mol. The summed E-state index contributed by atoms with van der Waals surface area (Å²) in [5.41, 5.74) is 5.14. The predicted molar refractivity (Wildman–Crippen MR) is 41.6 cm³/mol. The normalized spacial score (nSPS) is 13.6. The van der Waals surface area contributed by atoms with Crippen LogP contribution in [0.2, 0.25) is 0 Å². The molecule has 0 saturated carbocycles. The van der Waals surface area contributed by atoms with Gasteiger partial charge < -0.3 is 5.73 Å². The van der Waals surface area contributed by atoms with E-state index in [0.717, 1.165) is 13.0 Å². The molecule has 0 aromatic carbocycles. The van der Waals surface area contributed by atoms with Crippen molar-refractivity contribution >= 4 is 5.91 Å². The van der Waals surface area contributed by atoms with Crippen LogP contribution in [0.15, 0.2) is 0 Å². The van der Waals surface area contributed by atoms with E-state index in [4.69, 9.17) is 5.73 Å². The van der Waals surface area contributed by atoms with E-state index in [-0.39, 0.29) is 11.9 Å². The summed E-state index contributed by atoms with van der Waals surface area (Å²) in [4.78, 5) is 12.7. The maximum atomic E-state index is 10.7. The van der Waals surface area contributed by atoms with Gasteiger partial charge in [-0.3, -0.25) is 9.69 Å². The second kappa shape index (κ2) is 4.28. The molecule has 0 saturated heterocycles. The van der Waals surface area contributed by atoms with E-state index in [1.807, 2.05) is 25.8 Å². The van der Waals surface area contributed by atoms with Gasteiger partial charge in [0.25, 0.3) is 0 Å². The summed E-state index contributed by atoms with van der Waals surface area (Å²) < 4.78 is 0. The highest BCUT2D eigenvalue weighted by Crippen LogP contribution is 1.98. The van der Waals surface area contributed by atoms with Gasteiger partial charge in [-0.2, -0.15) is 0 Å². The topological polar surface area (TPSA) is 46.3 Å². The summed E-state index contributed by atoms with van der Waals surface area (Å²) >= 11 is 0. The van der Waals surface area contributed by atoms with Crippen LogP contribution in [-0.2, 0) is 4.79 Å². The van der Waals surface area contributed by atoms with Crippen LogP contribution >= 0.6 is 0 Å². The fourth-order valence-electron chi connectivity index (χ4n) is 0.950. The Morgan fingerprint density at radius 2 is 2.10 bits per heavy atom. The molecule has 3 heteroatoms. The molecule has 1 amide bonds. The van der Waals surface area contributed by atoms with Gasteiger partial charge in [0.05, 0.1) is 6.04 Å². The van der Waals surface area contributed by atoms with Crippen LogP contribution in [0.4, 0.5) is 0 Å². The summed E-state index contributed by atoms with van der Waals surface area (Å²) in [6.45, 7) is 4.83. The number of primary amides is 1. The third-order valence-corrected chi connectivity index (χ3v) is 1.75. The third-order valence-electron chi connectivity index (χ3n) is 1.75. The van der Waals surface area contributed by atoms with Crippen molar-refractivity contribution in [1.82, 2.24) is 4.90 Å². The van der Waals surface area contributed by atoms with E-state index in [2.05, 4.69) is 0 Å². The number of carbonyl (C=O) groups excluding carboxylic acids is 1. The lowest BCUT2D eigenvalue weighted by molar-refractivity contribution is -0.122. The van der Waals surface area contributed by atoms with Crippen LogP contribution in [-0.4, -0.2) is 30.4 Å². The molecule has 0 aliphatic rings. The summed E-state index contributed by atoms with van der Waals surface area (Å²) in [5, 5.41) is 0. The molecule has 10 heavy (non-hydrogen) atoms. The molecule has 0 aromatic rings. The van der Waals surface area contributed by atoms with E-state index in [1.165, 1.54) is 0 Å². The lowest BCUT2D eigenvalue weighted by Gasteiger charge is -2.21. The van der Waals surface area contributed by atoms with Gasteiger partial charge in [0.15, 0.2) is 0 Å². The minimum absolute atomic E-state index is 0.0926. The lowest BCUT2D eigenvalue weighted by atomic mass is 10.2. The quantitative estimate of drug-likeness (QED) is 0.612. The maximum Gasteiger partial charge on any atom is 0.234 e. The summed E-state index contributed by atoms with van der Waals surface area (Å²) in [6, 6.07) is -0.0926. The largest absolute Gasteiger partial charge is 0.368 e. The molecule has 1 atom stereocenters. The Kier molecular flexibility index (Phi) is 4.03. The molecule has 0 rings (SSSR count). The molecule has 0 radical (unpaired) electrons. The van der Waals surface area contributed by atoms with Crippen LogP contribution in [0.1, 0.15) is 20.3 Å². The van der Waals surface area contributed by atoms with E-state index in [9.17, 15) is 4.79 Å². The molecule has 0 aliphatic heterocycles. The maximum absolute atomic E-state index is 10.7. The molecule has 0 aliphatic carbocycles. The molecular formula is C7H16N2O. The Morgan fingerprint density at radius 3 is 2.20 bits per heavy atom. The van der Waals surface area contributed by atoms with E-state index in [1.54, 1.807) is 0 Å². The average molecular weight is 144 g/mol. The van der Waals surface area contributed by atoms with Gasteiger partial charge >= 0.3 is 0 Å². The van der Waals surface area contributed by atoms with Crippen molar-refractivity contribution < 1.29 is 4.79 Å². The van der Waals surface area contributed by atoms with Gasteiger partial charge in [-0.15, -0.1) is 0 Å². The second-order valence-electron chi connectivity index (χ2n) is 2.40. The Bertz CT molecular complexity index is 114. The fourth-order valence-corrected chi connectivity index (χ4v) is 0.950. The van der Waals surface area contributed by atoms with Crippen molar-refractivity contribution in [2.45, 2.75) is 26.3 Å². The van der Waals surface area contributed by atoms with Crippen LogP contribution < -0.4 is 5.73 Å². The highest BCUT2D eigenvalue weighted by molar-refractivity contribution is 5.79. The number of nitrogens with two attached hydrogens (primary N) is 1.